The number of rotatable bonds is 8. The minimum Gasteiger partial charge on any atom is -0.493 e. The van der Waals surface area contributed by atoms with Crippen LogP contribution in [0.2, 0.25) is 0 Å². The maximum atomic E-state index is 5.89. The lowest BCUT2D eigenvalue weighted by atomic mass is 9.85. The molecular formula is C18H29NO3. The largest absolute Gasteiger partial charge is 0.493 e. The molecule has 0 amide bonds. The van der Waals surface area contributed by atoms with Gasteiger partial charge in [0.25, 0.3) is 0 Å². The highest BCUT2D eigenvalue weighted by atomic mass is 16.5. The van der Waals surface area contributed by atoms with E-state index in [1.165, 1.54) is 12.0 Å². The van der Waals surface area contributed by atoms with E-state index in [-0.39, 0.29) is 0 Å². The Hall–Kier alpha value is -1.26. The minimum absolute atomic E-state index is 0.409. The molecular weight excluding hydrogens is 278 g/mol. The van der Waals surface area contributed by atoms with Gasteiger partial charge in [-0.3, -0.25) is 0 Å². The van der Waals surface area contributed by atoms with Crippen LogP contribution in [0.5, 0.6) is 11.5 Å². The van der Waals surface area contributed by atoms with E-state index in [4.69, 9.17) is 14.2 Å². The van der Waals surface area contributed by atoms with Gasteiger partial charge in [0.15, 0.2) is 11.5 Å². The predicted octanol–water partition coefficient (Wildman–Crippen LogP) is 3.42. The summed E-state index contributed by atoms with van der Waals surface area (Å²) in [6, 6.07) is 6.70. The monoisotopic (exact) mass is 307 g/mol. The fourth-order valence-corrected chi connectivity index (χ4v) is 3.19. The Morgan fingerprint density at radius 2 is 2.00 bits per heavy atom. The fraction of sp³-hybridized carbons (Fsp3) is 0.667. The topological polar surface area (TPSA) is 39.7 Å². The highest BCUT2D eigenvalue weighted by Gasteiger charge is 2.30. The SMILES string of the molecule is COCCCOc1cc(C2NCCC2C(C)C)ccc1OC. The van der Waals surface area contributed by atoms with Crippen molar-refractivity contribution < 1.29 is 14.2 Å². The molecule has 2 unspecified atom stereocenters. The smallest absolute Gasteiger partial charge is 0.161 e. The molecule has 0 spiro atoms. The van der Waals surface area contributed by atoms with Crippen LogP contribution in [0.25, 0.3) is 0 Å². The maximum absolute atomic E-state index is 5.89. The fourth-order valence-electron chi connectivity index (χ4n) is 3.19. The van der Waals surface area contributed by atoms with E-state index < -0.39 is 0 Å². The molecule has 0 aliphatic carbocycles. The van der Waals surface area contributed by atoms with Crippen molar-refractivity contribution in [3.8, 4) is 11.5 Å². The molecule has 1 fully saturated rings. The summed E-state index contributed by atoms with van der Waals surface area (Å²) in [5, 5.41) is 3.63. The summed E-state index contributed by atoms with van der Waals surface area (Å²) in [7, 11) is 3.39. The van der Waals surface area contributed by atoms with Crippen LogP contribution in [0.4, 0.5) is 0 Å². The van der Waals surface area contributed by atoms with Crippen molar-refractivity contribution in [1.82, 2.24) is 5.32 Å². The van der Waals surface area contributed by atoms with Crippen molar-refractivity contribution in [2.45, 2.75) is 32.7 Å². The van der Waals surface area contributed by atoms with Crippen LogP contribution in [-0.4, -0.2) is 34.0 Å². The van der Waals surface area contributed by atoms with E-state index in [1.807, 2.05) is 6.07 Å². The minimum atomic E-state index is 0.409. The molecule has 2 rings (SSSR count). The average Bonchev–Trinajstić information content (AvgIpc) is 3.01. The molecule has 1 saturated heterocycles. The molecule has 0 saturated carbocycles. The van der Waals surface area contributed by atoms with Crippen molar-refractivity contribution >= 4 is 0 Å². The van der Waals surface area contributed by atoms with Gasteiger partial charge in [-0.2, -0.15) is 0 Å². The predicted molar refractivity (Wildman–Crippen MR) is 88.7 cm³/mol. The molecule has 2 atom stereocenters. The van der Waals surface area contributed by atoms with Crippen molar-refractivity contribution in [2.75, 3.05) is 34.0 Å². The van der Waals surface area contributed by atoms with E-state index in [9.17, 15) is 0 Å². The van der Waals surface area contributed by atoms with Crippen LogP contribution in [-0.2, 0) is 4.74 Å². The number of methoxy groups -OCH3 is 2. The molecule has 1 aromatic carbocycles. The second kappa shape index (κ2) is 8.39. The molecule has 1 aliphatic rings. The highest BCUT2D eigenvalue weighted by molar-refractivity contribution is 5.44. The first-order valence-corrected chi connectivity index (χ1v) is 8.20. The average molecular weight is 307 g/mol. The number of ether oxygens (including phenoxy) is 3. The zero-order valence-corrected chi connectivity index (χ0v) is 14.2. The summed E-state index contributed by atoms with van der Waals surface area (Å²) in [5.41, 5.74) is 1.29. The first-order chi connectivity index (χ1) is 10.7. The Labute approximate surface area is 134 Å². The Kier molecular flexibility index (Phi) is 6.52. The van der Waals surface area contributed by atoms with Gasteiger partial charge >= 0.3 is 0 Å². The van der Waals surface area contributed by atoms with Crippen LogP contribution >= 0.6 is 0 Å². The molecule has 22 heavy (non-hydrogen) atoms. The lowest BCUT2D eigenvalue weighted by molar-refractivity contribution is 0.170. The van der Waals surface area contributed by atoms with Crippen molar-refractivity contribution in [3.05, 3.63) is 23.8 Å². The molecule has 1 aliphatic heterocycles. The summed E-state index contributed by atoms with van der Waals surface area (Å²) in [6.45, 7) is 7.04. The van der Waals surface area contributed by atoms with Gasteiger partial charge in [-0.1, -0.05) is 19.9 Å². The van der Waals surface area contributed by atoms with Gasteiger partial charge in [-0.15, -0.1) is 0 Å². The highest BCUT2D eigenvalue weighted by Crippen LogP contribution is 2.38. The first-order valence-electron chi connectivity index (χ1n) is 8.20. The van der Waals surface area contributed by atoms with Crippen molar-refractivity contribution in [1.29, 1.82) is 0 Å². The number of hydrogen-bond acceptors (Lipinski definition) is 4. The quantitative estimate of drug-likeness (QED) is 0.747. The third-order valence-electron chi connectivity index (χ3n) is 4.42. The maximum Gasteiger partial charge on any atom is 0.161 e. The van der Waals surface area contributed by atoms with Crippen LogP contribution in [0.15, 0.2) is 18.2 Å². The van der Waals surface area contributed by atoms with Crippen LogP contribution in [0.3, 0.4) is 0 Å². The summed E-state index contributed by atoms with van der Waals surface area (Å²) >= 11 is 0. The van der Waals surface area contributed by atoms with Gasteiger partial charge in [0.1, 0.15) is 0 Å². The second-order valence-electron chi connectivity index (χ2n) is 6.23. The van der Waals surface area contributed by atoms with E-state index in [0.29, 0.717) is 31.1 Å². The molecule has 4 heteroatoms. The Bertz CT molecular complexity index is 462. The molecule has 4 nitrogen and oxygen atoms in total. The van der Waals surface area contributed by atoms with Gasteiger partial charge in [-0.05, 0) is 42.5 Å². The van der Waals surface area contributed by atoms with E-state index in [1.54, 1.807) is 14.2 Å². The first kappa shape index (κ1) is 17.1. The molecule has 1 aromatic rings. The number of benzene rings is 1. The molecule has 0 aromatic heterocycles. The van der Waals surface area contributed by atoms with E-state index in [2.05, 4.69) is 31.3 Å². The molecule has 0 radical (unpaired) electrons. The van der Waals surface area contributed by atoms with Crippen molar-refractivity contribution in [3.63, 3.8) is 0 Å². The normalized spacial score (nSPS) is 21.3. The Morgan fingerprint density at radius 1 is 1.18 bits per heavy atom. The van der Waals surface area contributed by atoms with Gasteiger partial charge in [0.2, 0.25) is 0 Å². The van der Waals surface area contributed by atoms with Crippen LogP contribution < -0.4 is 14.8 Å². The standard InChI is InChI=1S/C18H29NO3/c1-13(2)15-8-9-19-18(15)14-6-7-16(21-4)17(12-14)22-11-5-10-20-3/h6-7,12-13,15,18-19H,5,8-11H2,1-4H3. The molecule has 1 N–H and O–H groups in total. The third kappa shape index (κ3) is 4.14. The zero-order chi connectivity index (χ0) is 15.9. The van der Waals surface area contributed by atoms with Crippen LogP contribution in [0, 0.1) is 11.8 Å². The Morgan fingerprint density at radius 3 is 2.68 bits per heavy atom. The van der Waals surface area contributed by atoms with E-state index >= 15 is 0 Å². The summed E-state index contributed by atoms with van der Waals surface area (Å²) in [5.74, 6) is 2.97. The summed E-state index contributed by atoms with van der Waals surface area (Å²) < 4.78 is 16.4. The Balaban J connectivity index is 2.12. The van der Waals surface area contributed by atoms with Gasteiger partial charge in [-0.25, -0.2) is 0 Å². The lowest BCUT2D eigenvalue weighted by Crippen LogP contribution is -2.21. The van der Waals surface area contributed by atoms with Gasteiger partial charge < -0.3 is 19.5 Å². The van der Waals surface area contributed by atoms with Crippen LogP contribution in [0.1, 0.15) is 38.3 Å². The van der Waals surface area contributed by atoms with Crippen molar-refractivity contribution in [2.24, 2.45) is 11.8 Å². The number of hydrogen-bond donors (Lipinski definition) is 1. The molecule has 0 bridgehead atoms. The lowest BCUT2D eigenvalue weighted by Gasteiger charge is -2.24. The third-order valence-corrected chi connectivity index (χ3v) is 4.42. The van der Waals surface area contributed by atoms with E-state index in [0.717, 1.165) is 24.5 Å². The second-order valence-corrected chi connectivity index (χ2v) is 6.23. The zero-order valence-electron chi connectivity index (χ0n) is 14.2. The van der Waals surface area contributed by atoms with Gasteiger partial charge in [0, 0.05) is 26.2 Å². The number of nitrogens with one attached hydrogen (secondary N) is 1. The summed E-state index contributed by atoms with van der Waals surface area (Å²) in [6.07, 6.45) is 2.11. The van der Waals surface area contributed by atoms with Gasteiger partial charge in [0.05, 0.1) is 13.7 Å². The molecule has 124 valence electrons. The molecule has 1 heterocycles. The summed E-state index contributed by atoms with van der Waals surface area (Å²) in [4.78, 5) is 0.